The fourth-order valence-corrected chi connectivity index (χ4v) is 4.02. The van der Waals surface area contributed by atoms with Gasteiger partial charge in [0.05, 0.1) is 11.8 Å². The molecular weight excluding hydrogens is 464 g/mol. The number of esters is 1. The minimum absolute atomic E-state index is 0.175. The summed E-state index contributed by atoms with van der Waals surface area (Å²) in [6.07, 6.45) is 1.49. The SMILES string of the molecule is Cc1cccc(C(=O)Oc2ccc3ccccc3c2/C=N\NC(=O)COc2cc(C)ccc2C(C)C)c1. The van der Waals surface area contributed by atoms with E-state index in [-0.39, 0.29) is 12.5 Å². The lowest BCUT2D eigenvalue weighted by atomic mass is 10.0. The molecule has 0 radical (unpaired) electrons. The van der Waals surface area contributed by atoms with Crippen LogP contribution in [0, 0.1) is 13.8 Å². The Labute approximate surface area is 216 Å². The van der Waals surface area contributed by atoms with Crippen LogP contribution in [0.3, 0.4) is 0 Å². The number of ether oxygens (including phenoxy) is 2. The maximum atomic E-state index is 12.8. The monoisotopic (exact) mass is 494 g/mol. The number of rotatable bonds is 8. The molecule has 6 nitrogen and oxygen atoms in total. The number of fused-ring (bicyclic) bond motifs is 1. The highest BCUT2D eigenvalue weighted by Gasteiger charge is 2.14. The molecule has 0 aromatic heterocycles. The molecule has 0 bridgehead atoms. The molecule has 1 N–H and O–H groups in total. The zero-order valence-corrected chi connectivity index (χ0v) is 21.4. The number of benzene rings is 4. The highest BCUT2D eigenvalue weighted by Crippen LogP contribution is 2.28. The highest BCUT2D eigenvalue weighted by atomic mass is 16.5. The van der Waals surface area contributed by atoms with Crippen molar-refractivity contribution in [1.29, 1.82) is 0 Å². The number of hydrogen-bond acceptors (Lipinski definition) is 5. The second-order valence-electron chi connectivity index (χ2n) is 9.24. The quantitative estimate of drug-likeness (QED) is 0.134. The van der Waals surface area contributed by atoms with Gasteiger partial charge in [0.15, 0.2) is 6.61 Å². The first-order chi connectivity index (χ1) is 17.8. The number of amides is 1. The Morgan fingerprint density at radius 1 is 0.892 bits per heavy atom. The zero-order valence-electron chi connectivity index (χ0n) is 21.4. The van der Waals surface area contributed by atoms with Crippen molar-refractivity contribution in [3.8, 4) is 11.5 Å². The Balaban J connectivity index is 1.51. The van der Waals surface area contributed by atoms with Gasteiger partial charge in [-0.3, -0.25) is 4.79 Å². The van der Waals surface area contributed by atoms with Gasteiger partial charge < -0.3 is 9.47 Å². The summed E-state index contributed by atoms with van der Waals surface area (Å²) in [5, 5.41) is 5.93. The van der Waals surface area contributed by atoms with E-state index in [2.05, 4.69) is 24.4 Å². The molecule has 0 aliphatic carbocycles. The van der Waals surface area contributed by atoms with Crippen molar-refractivity contribution in [2.75, 3.05) is 6.61 Å². The molecule has 4 rings (SSSR count). The van der Waals surface area contributed by atoms with E-state index in [1.165, 1.54) is 6.21 Å². The summed E-state index contributed by atoms with van der Waals surface area (Å²) in [5.74, 6) is 0.439. The Morgan fingerprint density at radius 2 is 1.68 bits per heavy atom. The number of nitrogens with one attached hydrogen (secondary N) is 1. The summed E-state index contributed by atoms with van der Waals surface area (Å²) < 4.78 is 11.5. The van der Waals surface area contributed by atoms with Crippen molar-refractivity contribution in [3.05, 3.63) is 107 Å². The summed E-state index contributed by atoms with van der Waals surface area (Å²) in [5.41, 5.74) is 6.62. The minimum atomic E-state index is -0.467. The molecule has 0 saturated heterocycles. The number of hydrogen-bond donors (Lipinski definition) is 1. The van der Waals surface area contributed by atoms with Crippen LogP contribution < -0.4 is 14.9 Å². The van der Waals surface area contributed by atoms with Gasteiger partial charge in [-0.05, 0) is 65.9 Å². The van der Waals surface area contributed by atoms with Gasteiger partial charge >= 0.3 is 5.97 Å². The van der Waals surface area contributed by atoms with Crippen LogP contribution in [-0.2, 0) is 4.79 Å². The third-order valence-corrected chi connectivity index (χ3v) is 5.92. The lowest BCUT2D eigenvalue weighted by molar-refractivity contribution is -0.123. The van der Waals surface area contributed by atoms with E-state index in [0.29, 0.717) is 22.6 Å². The standard InChI is InChI=1S/C31H30N2O4/c1-20(2)25-14-12-22(4)17-29(25)36-19-30(34)33-32-18-27-26-11-6-5-9-23(26)13-15-28(27)37-31(35)24-10-7-8-21(3)16-24/h5-18,20H,19H2,1-4H3,(H,33,34)/b32-18-. The van der Waals surface area contributed by atoms with E-state index in [4.69, 9.17) is 9.47 Å². The molecule has 0 heterocycles. The van der Waals surface area contributed by atoms with E-state index < -0.39 is 11.9 Å². The van der Waals surface area contributed by atoms with Gasteiger partial charge in [0.1, 0.15) is 11.5 Å². The van der Waals surface area contributed by atoms with Crippen molar-refractivity contribution in [3.63, 3.8) is 0 Å². The van der Waals surface area contributed by atoms with Gasteiger partial charge in [-0.25, -0.2) is 10.2 Å². The Hall–Kier alpha value is -4.45. The fourth-order valence-electron chi connectivity index (χ4n) is 4.02. The maximum absolute atomic E-state index is 12.8. The fraction of sp³-hybridized carbons (Fsp3) is 0.194. The lowest BCUT2D eigenvalue weighted by Crippen LogP contribution is -2.25. The van der Waals surface area contributed by atoms with Crippen molar-refractivity contribution in [2.24, 2.45) is 5.10 Å². The maximum Gasteiger partial charge on any atom is 0.343 e. The smallest absolute Gasteiger partial charge is 0.343 e. The van der Waals surface area contributed by atoms with Crippen LogP contribution in [0.4, 0.5) is 0 Å². The van der Waals surface area contributed by atoms with Crippen LogP contribution in [0.2, 0.25) is 0 Å². The third-order valence-electron chi connectivity index (χ3n) is 5.92. The Bertz CT molecular complexity index is 1470. The highest BCUT2D eigenvalue weighted by molar-refractivity contribution is 6.04. The Morgan fingerprint density at radius 3 is 2.46 bits per heavy atom. The number of aryl methyl sites for hydroxylation is 2. The number of carbonyl (C=O) groups excluding carboxylic acids is 2. The first-order valence-corrected chi connectivity index (χ1v) is 12.2. The first-order valence-electron chi connectivity index (χ1n) is 12.2. The van der Waals surface area contributed by atoms with Crippen molar-refractivity contribution in [2.45, 2.75) is 33.6 Å². The van der Waals surface area contributed by atoms with Crippen LogP contribution in [0.15, 0.2) is 84.0 Å². The molecule has 0 unspecified atom stereocenters. The summed E-state index contributed by atoms with van der Waals surface area (Å²) >= 11 is 0. The summed E-state index contributed by atoms with van der Waals surface area (Å²) in [6.45, 7) is 7.88. The van der Waals surface area contributed by atoms with Gasteiger partial charge in [0, 0.05) is 5.56 Å². The molecule has 0 aliphatic rings. The van der Waals surface area contributed by atoms with E-state index in [1.54, 1.807) is 18.2 Å². The largest absolute Gasteiger partial charge is 0.483 e. The molecule has 0 saturated carbocycles. The molecule has 6 heteroatoms. The summed E-state index contributed by atoms with van der Waals surface area (Å²) in [7, 11) is 0. The number of nitrogens with zero attached hydrogens (tertiary/aromatic N) is 1. The zero-order chi connectivity index (χ0) is 26.4. The number of hydrazone groups is 1. The topological polar surface area (TPSA) is 77.0 Å². The molecule has 188 valence electrons. The van der Waals surface area contributed by atoms with E-state index in [1.807, 2.05) is 74.5 Å². The third kappa shape index (κ3) is 6.41. The van der Waals surface area contributed by atoms with Gasteiger partial charge in [0.2, 0.25) is 0 Å². The van der Waals surface area contributed by atoms with Crippen molar-refractivity contribution >= 4 is 28.9 Å². The minimum Gasteiger partial charge on any atom is -0.483 e. The summed E-state index contributed by atoms with van der Waals surface area (Å²) in [6, 6.07) is 24.5. The molecule has 37 heavy (non-hydrogen) atoms. The molecule has 0 spiro atoms. The molecule has 4 aromatic rings. The number of carbonyl (C=O) groups is 2. The molecule has 0 fully saturated rings. The molecule has 0 atom stereocenters. The molecule has 1 amide bonds. The van der Waals surface area contributed by atoms with Crippen molar-refractivity contribution < 1.29 is 19.1 Å². The van der Waals surface area contributed by atoms with Gasteiger partial charge in [-0.2, -0.15) is 5.10 Å². The Kier molecular flexibility index (Phi) is 7.98. The predicted molar refractivity (Wildman–Crippen MR) is 147 cm³/mol. The van der Waals surface area contributed by atoms with Gasteiger partial charge in [-0.1, -0.05) is 74.0 Å². The average molecular weight is 495 g/mol. The second-order valence-corrected chi connectivity index (χ2v) is 9.24. The average Bonchev–Trinajstić information content (AvgIpc) is 2.88. The first kappa shape index (κ1) is 25.6. The second kappa shape index (κ2) is 11.5. The van der Waals surface area contributed by atoms with E-state index in [0.717, 1.165) is 27.5 Å². The molecule has 0 aliphatic heterocycles. The van der Waals surface area contributed by atoms with Crippen LogP contribution >= 0.6 is 0 Å². The predicted octanol–water partition coefficient (Wildman–Crippen LogP) is 6.33. The van der Waals surface area contributed by atoms with E-state index >= 15 is 0 Å². The van der Waals surface area contributed by atoms with Gasteiger partial charge in [0.25, 0.3) is 5.91 Å². The summed E-state index contributed by atoms with van der Waals surface area (Å²) in [4.78, 5) is 25.3. The van der Waals surface area contributed by atoms with Crippen LogP contribution in [-0.4, -0.2) is 24.7 Å². The van der Waals surface area contributed by atoms with Crippen molar-refractivity contribution in [1.82, 2.24) is 5.43 Å². The van der Waals surface area contributed by atoms with Crippen LogP contribution in [0.1, 0.15) is 52.4 Å². The van der Waals surface area contributed by atoms with E-state index in [9.17, 15) is 9.59 Å². The van der Waals surface area contributed by atoms with Crippen LogP contribution in [0.5, 0.6) is 11.5 Å². The lowest BCUT2D eigenvalue weighted by Gasteiger charge is -2.14. The van der Waals surface area contributed by atoms with Crippen LogP contribution in [0.25, 0.3) is 10.8 Å². The van der Waals surface area contributed by atoms with Gasteiger partial charge in [-0.15, -0.1) is 0 Å². The molecular formula is C31H30N2O4. The molecule has 4 aromatic carbocycles. The normalized spacial score (nSPS) is 11.2.